The molecule has 2 aromatic heterocycles. The predicted molar refractivity (Wildman–Crippen MR) is 80.2 cm³/mol. The summed E-state index contributed by atoms with van der Waals surface area (Å²) in [6.07, 6.45) is 3.69. The molecule has 3 rings (SSSR count). The third-order valence-electron chi connectivity index (χ3n) is 3.35. The second-order valence-corrected chi connectivity index (χ2v) is 5.09. The van der Waals surface area contributed by atoms with Crippen molar-refractivity contribution in [2.75, 3.05) is 7.11 Å². The van der Waals surface area contributed by atoms with Gasteiger partial charge in [-0.2, -0.15) is 5.10 Å². The molecule has 0 atom stereocenters. The molecule has 0 N–H and O–H groups in total. The molecule has 0 aliphatic heterocycles. The van der Waals surface area contributed by atoms with E-state index >= 15 is 0 Å². The van der Waals surface area contributed by atoms with Crippen molar-refractivity contribution >= 4 is 22.5 Å². The van der Waals surface area contributed by atoms with Gasteiger partial charge >= 0.3 is 0 Å². The fourth-order valence-corrected chi connectivity index (χ4v) is 2.55. The Morgan fingerprint density at radius 1 is 1.30 bits per heavy atom. The molecular weight excluding hydrogens is 274 g/mol. The number of fused-ring (bicyclic) bond motifs is 1. The number of methoxy groups -OCH3 is 1. The summed E-state index contributed by atoms with van der Waals surface area (Å²) in [5.41, 5.74) is 3.60. The van der Waals surface area contributed by atoms with Gasteiger partial charge < -0.3 is 4.74 Å². The van der Waals surface area contributed by atoms with Gasteiger partial charge in [-0.3, -0.25) is 4.68 Å². The summed E-state index contributed by atoms with van der Waals surface area (Å²) < 4.78 is 7.09. The summed E-state index contributed by atoms with van der Waals surface area (Å²) in [6.45, 7) is 1.98. The van der Waals surface area contributed by atoms with Gasteiger partial charge in [-0.15, -0.1) is 0 Å². The highest BCUT2D eigenvalue weighted by Crippen LogP contribution is 2.33. The summed E-state index contributed by atoms with van der Waals surface area (Å²) in [6, 6.07) is 5.71. The molecule has 1 aromatic carbocycles. The molecule has 3 aromatic rings. The Labute approximate surface area is 122 Å². The smallest absolute Gasteiger partial charge is 0.123 e. The van der Waals surface area contributed by atoms with Crippen molar-refractivity contribution in [2.24, 2.45) is 7.05 Å². The summed E-state index contributed by atoms with van der Waals surface area (Å²) in [5.74, 6) is 0.810. The van der Waals surface area contributed by atoms with Crippen molar-refractivity contribution in [1.29, 1.82) is 0 Å². The topological polar surface area (TPSA) is 39.9 Å². The molecule has 102 valence electrons. The maximum absolute atomic E-state index is 6.38. The van der Waals surface area contributed by atoms with Gasteiger partial charge in [0.15, 0.2) is 0 Å². The van der Waals surface area contributed by atoms with Gasteiger partial charge in [0.25, 0.3) is 0 Å². The van der Waals surface area contributed by atoms with Crippen molar-refractivity contribution in [3.8, 4) is 17.0 Å². The van der Waals surface area contributed by atoms with E-state index in [1.807, 2.05) is 38.4 Å². The first kappa shape index (κ1) is 12.9. The molecule has 0 saturated carbocycles. The summed E-state index contributed by atoms with van der Waals surface area (Å²) in [5, 5.41) is 5.78. The van der Waals surface area contributed by atoms with Crippen molar-refractivity contribution in [3.63, 3.8) is 0 Å². The molecule has 0 saturated heterocycles. The first-order valence-corrected chi connectivity index (χ1v) is 6.61. The molecule has 20 heavy (non-hydrogen) atoms. The number of benzene rings is 1. The number of halogens is 1. The van der Waals surface area contributed by atoms with E-state index in [0.717, 1.165) is 33.5 Å². The Kier molecular flexibility index (Phi) is 3.10. The molecule has 0 aliphatic rings. The van der Waals surface area contributed by atoms with Crippen LogP contribution in [-0.4, -0.2) is 21.9 Å². The number of aryl methyl sites for hydroxylation is 2. The van der Waals surface area contributed by atoms with E-state index in [9.17, 15) is 0 Å². The van der Waals surface area contributed by atoms with Crippen LogP contribution in [0.4, 0.5) is 0 Å². The number of ether oxygens (including phenoxy) is 1. The van der Waals surface area contributed by atoms with Crippen LogP contribution in [0.3, 0.4) is 0 Å². The van der Waals surface area contributed by atoms with Gasteiger partial charge in [0.05, 0.1) is 29.5 Å². The van der Waals surface area contributed by atoms with Crippen molar-refractivity contribution in [2.45, 2.75) is 6.92 Å². The average molecular weight is 288 g/mol. The van der Waals surface area contributed by atoms with E-state index in [-0.39, 0.29) is 0 Å². The van der Waals surface area contributed by atoms with Crippen molar-refractivity contribution in [1.82, 2.24) is 14.8 Å². The largest absolute Gasteiger partial charge is 0.496 e. The summed E-state index contributed by atoms with van der Waals surface area (Å²) in [4.78, 5) is 4.71. The molecule has 0 bridgehead atoms. The van der Waals surface area contributed by atoms with Gasteiger partial charge in [-0.1, -0.05) is 11.6 Å². The maximum atomic E-state index is 6.38. The lowest BCUT2D eigenvalue weighted by Crippen LogP contribution is -1.92. The van der Waals surface area contributed by atoms with E-state index in [1.54, 1.807) is 18.0 Å². The second kappa shape index (κ2) is 4.80. The zero-order chi connectivity index (χ0) is 14.3. The molecule has 2 heterocycles. The van der Waals surface area contributed by atoms with E-state index in [1.165, 1.54) is 0 Å². The monoisotopic (exact) mass is 287 g/mol. The minimum Gasteiger partial charge on any atom is -0.496 e. The highest BCUT2D eigenvalue weighted by atomic mass is 35.5. The lowest BCUT2D eigenvalue weighted by molar-refractivity contribution is 0.412. The van der Waals surface area contributed by atoms with E-state index < -0.39 is 0 Å². The highest BCUT2D eigenvalue weighted by molar-refractivity contribution is 6.35. The zero-order valence-electron chi connectivity index (χ0n) is 11.5. The molecule has 0 amide bonds. The third-order valence-corrected chi connectivity index (χ3v) is 3.67. The van der Waals surface area contributed by atoms with E-state index in [4.69, 9.17) is 21.3 Å². The van der Waals surface area contributed by atoms with Gasteiger partial charge in [-0.25, -0.2) is 4.98 Å². The van der Waals surface area contributed by atoms with Gasteiger partial charge in [-0.05, 0) is 25.1 Å². The molecule has 0 unspecified atom stereocenters. The quantitative estimate of drug-likeness (QED) is 0.723. The number of pyridine rings is 1. The Morgan fingerprint density at radius 2 is 2.10 bits per heavy atom. The summed E-state index contributed by atoms with van der Waals surface area (Å²) in [7, 11) is 3.53. The van der Waals surface area contributed by atoms with Crippen LogP contribution in [0.15, 0.2) is 30.6 Å². The fourth-order valence-electron chi connectivity index (χ4n) is 2.29. The Balaban J connectivity index is 2.29. The van der Waals surface area contributed by atoms with Gasteiger partial charge in [0.2, 0.25) is 0 Å². The lowest BCUT2D eigenvalue weighted by atomic mass is 10.1. The Morgan fingerprint density at radius 3 is 2.75 bits per heavy atom. The van der Waals surface area contributed by atoms with Crippen LogP contribution in [0.2, 0.25) is 5.02 Å². The minimum atomic E-state index is 0.680. The molecule has 0 spiro atoms. The lowest BCUT2D eigenvalue weighted by Gasteiger charge is -2.10. The normalized spacial score (nSPS) is 11.0. The first-order chi connectivity index (χ1) is 9.60. The molecule has 0 aliphatic carbocycles. The van der Waals surface area contributed by atoms with Crippen LogP contribution in [0, 0.1) is 6.92 Å². The van der Waals surface area contributed by atoms with Crippen molar-refractivity contribution in [3.05, 3.63) is 41.2 Å². The van der Waals surface area contributed by atoms with Crippen LogP contribution in [0.25, 0.3) is 22.2 Å². The SMILES string of the molecule is COc1ccc2c(Cl)cc(-c3cnn(C)c3)nc2c1C. The number of aromatic nitrogens is 3. The molecule has 0 radical (unpaired) electrons. The van der Waals surface area contributed by atoms with Crippen LogP contribution < -0.4 is 4.74 Å². The average Bonchev–Trinajstić information content (AvgIpc) is 2.86. The second-order valence-electron chi connectivity index (χ2n) is 4.68. The van der Waals surface area contributed by atoms with Crippen LogP contribution in [-0.2, 0) is 7.05 Å². The number of nitrogens with zero attached hydrogens (tertiary/aromatic N) is 3. The Hall–Kier alpha value is -2.07. The molecule has 5 heteroatoms. The van der Waals surface area contributed by atoms with Crippen LogP contribution in [0.1, 0.15) is 5.56 Å². The molecular formula is C15H14ClN3O. The van der Waals surface area contributed by atoms with E-state index in [2.05, 4.69) is 5.10 Å². The number of hydrogen-bond acceptors (Lipinski definition) is 3. The predicted octanol–water partition coefficient (Wildman–Crippen LogP) is 3.61. The van der Waals surface area contributed by atoms with Gasteiger partial charge in [0.1, 0.15) is 5.75 Å². The van der Waals surface area contributed by atoms with E-state index in [0.29, 0.717) is 5.02 Å². The minimum absolute atomic E-state index is 0.680. The summed E-state index contributed by atoms with van der Waals surface area (Å²) >= 11 is 6.38. The van der Waals surface area contributed by atoms with Crippen LogP contribution >= 0.6 is 11.6 Å². The first-order valence-electron chi connectivity index (χ1n) is 6.23. The standard InChI is InChI=1S/C15H14ClN3O/c1-9-14(20-3)5-4-11-12(16)6-13(18-15(9)11)10-7-17-19(2)8-10/h4-8H,1-3H3. The van der Waals surface area contributed by atoms with Crippen molar-refractivity contribution < 1.29 is 4.74 Å². The zero-order valence-corrected chi connectivity index (χ0v) is 12.3. The highest BCUT2D eigenvalue weighted by Gasteiger charge is 2.11. The maximum Gasteiger partial charge on any atom is 0.123 e. The molecule has 0 fully saturated rings. The molecule has 4 nitrogen and oxygen atoms in total. The van der Waals surface area contributed by atoms with Gasteiger partial charge in [0, 0.05) is 29.8 Å². The number of hydrogen-bond donors (Lipinski definition) is 0. The fraction of sp³-hybridized carbons (Fsp3) is 0.200. The third kappa shape index (κ3) is 2.02. The number of rotatable bonds is 2. The van der Waals surface area contributed by atoms with Crippen LogP contribution in [0.5, 0.6) is 5.75 Å². The Bertz CT molecular complexity index is 795.